The van der Waals surface area contributed by atoms with Crippen LogP contribution in [0.4, 0.5) is 11.4 Å². The van der Waals surface area contributed by atoms with Gasteiger partial charge in [-0.3, -0.25) is 24.0 Å². The van der Waals surface area contributed by atoms with Gasteiger partial charge in [0.2, 0.25) is 11.8 Å². The van der Waals surface area contributed by atoms with Gasteiger partial charge in [0.15, 0.2) is 5.65 Å². The molecule has 11 heteroatoms. The first-order valence-corrected chi connectivity index (χ1v) is 15.9. The number of nitrogens with zero attached hydrogens (tertiary/aromatic N) is 5. The SMILES string of the molecule is CC(C)(C)CC1SC(CC(=O)N2CCC(n3c(=O)[nH]c4ncccc43)CC2)C(=O)N1c1ccc(N2CCOCC2)cc1.[HH]. The maximum atomic E-state index is 13.8. The van der Waals surface area contributed by atoms with Gasteiger partial charge in [-0.05, 0) is 61.1 Å². The van der Waals surface area contributed by atoms with Crippen molar-refractivity contribution < 1.29 is 15.8 Å². The van der Waals surface area contributed by atoms with E-state index in [9.17, 15) is 14.4 Å². The quantitative estimate of drug-likeness (QED) is 0.455. The van der Waals surface area contributed by atoms with Crippen molar-refractivity contribution in [3.05, 3.63) is 53.1 Å². The Bertz CT molecular complexity index is 1490. The molecule has 42 heavy (non-hydrogen) atoms. The highest BCUT2D eigenvalue weighted by Crippen LogP contribution is 2.43. The first-order valence-electron chi connectivity index (χ1n) is 14.9. The molecule has 5 heterocycles. The van der Waals surface area contributed by atoms with E-state index in [0.717, 1.165) is 49.6 Å². The molecular formula is C31H42N6O4S. The van der Waals surface area contributed by atoms with Gasteiger partial charge in [0, 0.05) is 57.6 Å². The number of benzene rings is 1. The first-order chi connectivity index (χ1) is 20.2. The normalized spacial score (nSPS) is 22.4. The lowest BCUT2D eigenvalue weighted by atomic mass is 9.92. The van der Waals surface area contributed by atoms with Crippen LogP contribution in [0.2, 0.25) is 0 Å². The number of fused-ring (bicyclic) bond motifs is 1. The van der Waals surface area contributed by atoms with Gasteiger partial charge in [0.05, 0.1) is 29.4 Å². The predicted octanol–water partition coefficient (Wildman–Crippen LogP) is 4.27. The number of morpholine rings is 1. The average molecular weight is 595 g/mol. The minimum Gasteiger partial charge on any atom is -0.378 e. The van der Waals surface area contributed by atoms with Gasteiger partial charge in [-0.1, -0.05) is 20.8 Å². The number of carbonyl (C=O) groups excluding carboxylic acids is 2. The number of aromatic amines is 1. The molecule has 226 valence electrons. The lowest BCUT2D eigenvalue weighted by Gasteiger charge is -2.33. The highest BCUT2D eigenvalue weighted by molar-refractivity contribution is 8.02. The fourth-order valence-corrected chi connectivity index (χ4v) is 8.12. The molecule has 10 nitrogen and oxygen atoms in total. The van der Waals surface area contributed by atoms with Gasteiger partial charge < -0.3 is 14.5 Å². The van der Waals surface area contributed by atoms with Crippen molar-refractivity contribution in [3.8, 4) is 0 Å². The number of anilines is 2. The predicted molar refractivity (Wildman–Crippen MR) is 168 cm³/mol. The van der Waals surface area contributed by atoms with E-state index in [0.29, 0.717) is 31.6 Å². The summed E-state index contributed by atoms with van der Waals surface area (Å²) in [5, 5.41) is -0.443. The highest BCUT2D eigenvalue weighted by Gasteiger charge is 2.44. The Kier molecular flexibility index (Phi) is 8.06. The number of carbonyl (C=O) groups is 2. The Morgan fingerprint density at radius 1 is 1.05 bits per heavy atom. The molecule has 0 aliphatic carbocycles. The van der Waals surface area contributed by atoms with Gasteiger partial charge >= 0.3 is 5.69 Å². The summed E-state index contributed by atoms with van der Waals surface area (Å²) < 4.78 is 7.26. The number of amides is 2. The number of ether oxygens (including phenoxy) is 1. The van der Waals surface area contributed by atoms with Crippen LogP contribution in [0.25, 0.3) is 11.2 Å². The Hall–Kier alpha value is -3.31. The van der Waals surface area contributed by atoms with Gasteiger partial charge in [-0.15, -0.1) is 11.8 Å². The molecule has 1 N–H and O–H groups in total. The van der Waals surface area contributed by atoms with Crippen LogP contribution in [0.5, 0.6) is 0 Å². The molecule has 0 saturated carbocycles. The molecule has 0 radical (unpaired) electrons. The zero-order chi connectivity index (χ0) is 29.4. The van der Waals surface area contributed by atoms with E-state index in [2.05, 4.69) is 47.8 Å². The molecule has 3 fully saturated rings. The number of nitrogens with one attached hydrogen (secondary N) is 1. The fourth-order valence-electron chi connectivity index (χ4n) is 6.33. The third kappa shape index (κ3) is 5.94. The Morgan fingerprint density at radius 3 is 2.43 bits per heavy atom. The molecule has 2 atom stereocenters. The zero-order valence-electron chi connectivity index (χ0n) is 24.6. The van der Waals surface area contributed by atoms with Crippen molar-refractivity contribution in [1.29, 1.82) is 0 Å². The van der Waals surface area contributed by atoms with Gasteiger partial charge in [-0.2, -0.15) is 0 Å². The van der Waals surface area contributed by atoms with E-state index in [1.165, 1.54) is 0 Å². The average Bonchev–Trinajstić information content (AvgIpc) is 3.47. The number of hydrogen-bond acceptors (Lipinski definition) is 7. The molecule has 3 saturated heterocycles. The third-order valence-corrected chi connectivity index (χ3v) is 9.83. The number of rotatable bonds is 6. The molecular weight excluding hydrogens is 552 g/mol. The molecule has 2 unspecified atom stereocenters. The monoisotopic (exact) mass is 594 g/mol. The van der Waals surface area contributed by atoms with E-state index in [4.69, 9.17) is 4.74 Å². The molecule has 3 aromatic rings. The fraction of sp³-hybridized carbons (Fsp3) is 0.548. The number of pyridine rings is 1. The van der Waals surface area contributed by atoms with Crippen LogP contribution in [-0.4, -0.2) is 81.3 Å². The summed E-state index contributed by atoms with van der Waals surface area (Å²) in [7, 11) is 0. The molecule has 2 amide bonds. The molecule has 3 aliphatic rings. The summed E-state index contributed by atoms with van der Waals surface area (Å²) in [6.45, 7) is 10.9. The molecule has 1 aromatic carbocycles. The molecule has 6 rings (SSSR count). The van der Waals surface area contributed by atoms with Gasteiger partial charge in [0.1, 0.15) is 0 Å². The van der Waals surface area contributed by atoms with E-state index in [-0.39, 0.29) is 42.2 Å². The van der Waals surface area contributed by atoms with Crippen molar-refractivity contribution in [2.24, 2.45) is 5.41 Å². The third-order valence-electron chi connectivity index (χ3n) is 8.45. The largest absolute Gasteiger partial charge is 0.378 e. The second-order valence-corrected chi connectivity index (χ2v) is 14.0. The lowest BCUT2D eigenvalue weighted by Crippen LogP contribution is -2.42. The van der Waals surface area contributed by atoms with Gasteiger partial charge in [0.25, 0.3) is 0 Å². The van der Waals surface area contributed by atoms with Crippen LogP contribution in [0.1, 0.15) is 53.9 Å². The number of hydrogen-bond donors (Lipinski definition) is 1. The van der Waals surface area contributed by atoms with Crippen molar-refractivity contribution in [1.82, 2.24) is 19.4 Å². The Labute approximate surface area is 251 Å². The van der Waals surface area contributed by atoms with Crippen molar-refractivity contribution in [3.63, 3.8) is 0 Å². The Balaban J connectivity index is 0.00000368. The van der Waals surface area contributed by atoms with E-state index >= 15 is 0 Å². The Morgan fingerprint density at radius 2 is 1.74 bits per heavy atom. The summed E-state index contributed by atoms with van der Waals surface area (Å²) in [6.07, 6.45) is 4.06. The number of H-pyrrole nitrogens is 1. The summed E-state index contributed by atoms with van der Waals surface area (Å²) in [4.78, 5) is 53.1. The van der Waals surface area contributed by atoms with E-state index in [1.54, 1.807) is 22.5 Å². The second kappa shape index (κ2) is 11.8. The van der Waals surface area contributed by atoms with Crippen molar-refractivity contribution in [2.75, 3.05) is 49.2 Å². The molecule has 0 spiro atoms. The van der Waals surface area contributed by atoms with Crippen LogP contribution in [-0.2, 0) is 14.3 Å². The second-order valence-electron chi connectivity index (χ2n) is 12.7. The maximum absolute atomic E-state index is 13.8. The van der Waals surface area contributed by atoms with Crippen molar-refractivity contribution >= 4 is 46.1 Å². The molecule has 2 aromatic heterocycles. The highest BCUT2D eigenvalue weighted by atomic mass is 32.2. The van der Waals surface area contributed by atoms with E-state index < -0.39 is 5.25 Å². The summed E-state index contributed by atoms with van der Waals surface area (Å²) in [5.74, 6) is 0.0146. The van der Waals surface area contributed by atoms with E-state index in [1.807, 2.05) is 34.1 Å². The zero-order valence-corrected chi connectivity index (χ0v) is 25.4. The number of thioether (sulfide) groups is 1. The van der Waals surface area contributed by atoms with Crippen molar-refractivity contribution in [2.45, 2.75) is 63.1 Å². The summed E-state index contributed by atoms with van der Waals surface area (Å²) >= 11 is 1.62. The minimum atomic E-state index is -0.413. The van der Waals surface area contributed by atoms with Crippen LogP contribution in [0, 0.1) is 5.41 Å². The summed E-state index contributed by atoms with van der Waals surface area (Å²) in [5.41, 5.74) is 3.26. The number of aromatic nitrogens is 3. The van der Waals surface area contributed by atoms with Crippen LogP contribution >= 0.6 is 11.8 Å². The topological polar surface area (TPSA) is 104 Å². The van der Waals surface area contributed by atoms with Crippen LogP contribution in [0.3, 0.4) is 0 Å². The number of likely N-dealkylation sites (tertiary alicyclic amines) is 1. The summed E-state index contributed by atoms with van der Waals surface area (Å²) in [6, 6.07) is 12.0. The number of imidazole rings is 1. The van der Waals surface area contributed by atoms with Crippen LogP contribution in [0.15, 0.2) is 47.4 Å². The van der Waals surface area contributed by atoms with Crippen LogP contribution < -0.4 is 15.5 Å². The van der Waals surface area contributed by atoms with Gasteiger partial charge in [-0.25, -0.2) is 9.78 Å². The first kappa shape index (κ1) is 28.8. The maximum Gasteiger partial charge on any atom is 0.327 e. The number of piperidine rings is 1. The smallest absolute Gasteiger partial charge is 0.327 e. The molecule has 3 aliphatic heterocycles. The minimum absolute atomic E-state index is 0. The standard InChI is InChI=1S/C31H40N6O4S.H2/c1-31(2,3)20-27-37(22-8-6-21(7-9-22)34-15-17-41-18-16-34)29(39)25(42-27)19-26(38)35-13-10-23(11-14-35)36-24-5-4-12-32-28(24)33-30(36)40;/h4-9,12,23,25,27H,10-11,13-20H2,1-3H3,(H,32,33,40);1H. The lowest BCUT2D eigenvalue weighted by molar-refractivity contribution is -0.133. The molecule has 0 bridgehead atoms.